The summed E-state index contributed by atoms with van der Waals surface area (Å²) in [6.07, 6.45) is 2.19. The largest absolute Gasteiger partial charge is 0.364 e. The number of carbonyl (C=O) groups excluding carboxylic acids is 1. The SMILES string of the molecule is Cc1cccc(CC(C)NC(=O)N(C)Cc2ccon2)n1. The minimum Gasteiger partial charge on any atom is -0.364 e. The fourth-order valence-electron chi connectivity index (χ4n) is 2.03. The van der Waals surface area contributed by atoms with Crippen molar-refractivity contribution in [3.05, 3.63) is 47.6 Å². The normalized spacial score (nSPS) is 12.0. The topological polar surface area (TPSA) is 71.3 Å². The van der Waals surface area contributed by atoms with Crippen LogP contribution in [0.4, 0.5) is 4.79 Å². The highest BCUT2D eigenvalue weighted by Gasteiger charge is 2.14. The number of hydrogen-bond donors (Lipinski definition) is 1. The molecule has 2 rings (SSSR count). The van der Waals surface area contributed by atoms with E-state index in [1.807, 2.05) is 32.0 Å². The van der Waals surface area contributed by atoms with Gasteiger partial charge < -0.3 is 14.7 Å². The van der Waals surface area contributed by atoms with Crippen LogP contribution in [-0.2, 0) is 13.0 Å². The smallest absolute Gasteiger partial charge is 0.317 e. The second-order valence-electron chi connectivity index (χ2n) is 5.17. The van der Waals surface area contributed by atoms with Gasteiger partial charge in [-0.3, -0.25) is 4.98 Å². The Labute approximate surface area is 124 Å². The van der Waals surface area contributed by atoms with Crippen LogP contribution in [0.5, 0.6) is 0 Å². The summed E-state index contributed by atoms with van der Waals surface area (Å²) in [5.41, 5.74) is 2.68. The van der Waals surface area contributed by atoms with Crippen molar-refractivity contribution >= 4 is 6.03 Å². The van der Waals surface area contributed by atoms with Gasteiger partial charge in [-0.25, -0.2) is 4.79 Å². The number of nitrogens with zero attached hydrogens (tertiary/aromatic N) is 3. The first-order valence-corrected chi connectivity index (χ1v) is 6.88. The number of urea groups is 1. The average molecular weight is 288 g/mol. The van der Waals surface area contributed by atoms with Crippen LogP contribution in [0.1, 0.15) is 24.0 Å². The van der Waals surface area contributed by atoms with E-state index in [-0.39, 0.29) is 12.1 Å². The number of amides is 2. The zero-order chi connectivity index (χ0) is 15.2. The molecular formula is C15H20N4O2. The molecule has 2 amide bonds. The average Bonchev–Trinajstić information content (AvgIpc) is 2.91. The molecule has 112 valence electrons. The third-order valence-electron chi connectivity index (χ3n) is 3.07. The van der Waals surface area contributed by atoms with Crippen molar-refractivity contribution in [2.24, 2.45) is 0 Å². The Morgan fingerprint density at radius 3 is 2.86 bits per heavy atom. The van der Waals surface area contributed by atoms with Gasteiger partial charge in [-0.1, -0.05) is 11.2 Å². The Morgan fingerprint density at radius 1 is 1.38 bits per heavy atom. The van der Waals surface area contributed by atoms with Crippen molar-refractivity contribution in [3.63, 3.8) is 0 Å². The Kier molecular flexibility index (Phi) is 4.92. The summed E-state index contributed by atoms with van der Waals surface area (Å²) >= 11 is 0. The first kappa shape index (κ1) is 15.0. The van der Waals surface area contributed by atoms with Gasteiger partial charge >= 0.3 is 6.03 Å². The Balaban J connectivity index is 1.84. The predicted octanol–water partition coefficient (Wildman–Crippen LogP) is 2.15. The van der Waals surface area contributed by atoms with Crippen molar-refractivity contribution in [1.82, 2.24) is 20.4 Å². The van der Waals surface area contributed by atoms with Crippen LogP contribution < -0.4 is 5.32 Å². The first-order chi connectivity index (χ1) is 10.0. The molecule has 0 aromatic carbocycles. The van der Waals surface area contributed by atoms with E-state index in [1.165, 1.54) is 6.26 Å². The van der Waals surface area contributed by atoms with E-state index in [9.17, 15) is 4.79 Å². The maximum absolute atomic E-state index is 12.1. The molecule has 6 heteroatoms. The minimum atomic E-state index is -0.141. The molecular weight excluding hydrogens is 268 g/mol. The monoisotopic (exact) mass is 288 g/mol. The second kappa shape index (κ2) is 6.88. The molecule has 1 atom stereocenters. The second-order valence-corrected chi connectivity index (χ2v) is 5.17. The van der Waals surface area contributed by atoms with Crippen LogP contribution in [0, 0.1) is 6.92 Å². The number of aryl methyl sites for hydroxylation is 1. The highest BCUT2D eigenvalue weighted by atomic mass is 16.5. The molecule has 0 aliphatic heterocycles. The molecule has 2 heterocycles. The highest BCUT2D eigenvalue weighted by Crippen LogP contribution is 2.04. The van der Waals surface area contributed by atoms with Crippen LogP contribution in [0.15, 0.2) is 35.1 Å². The van der Waals surface area contributed by atoms with Crippen LogP contribution in [0.2, 0.25) is 0 Å². The Bertz CT molecular complexity index is 583. The van der Waals surface area contributed by atoms with Gasteiger partial charge in [0.25, 0.3) is 0 Å². The van der Waals surface area contributed by atoms with Crippen LogP contribution in [0.3, 0.4) is 0 Å². The summed E-state index contributed by atoms with van der Waals surface area (Å²) in [6.45, 7) is 4.34. The molecule has 0 radical (unpaired) electrons. The van der Waals surface area contributed by atoms with Gasteiger partial charge in [0.15, 0.2) is 0 Å². The van der Waals surface area contributed by atoms with Gasteiger partial charge in [0.05, 0.1) is 6.54 Å². The van der Waals surface area contributed by atoms with E-state index < -0.39 is 0 Å². The van der Waals surface area contributed by atoms with E-state index in [0.29, 0.717) is 13.0 Å². The van der Waals surface area contributed by atoms with Crippen molar-refractivity contribution in [1.29, 1.82) is 0 Å². The van der Waals surface area contributed by atoms with Crippen molar-refractivity contribution < 1.29 is 9.32 Å². The molecule has 21 heavy (non-hydrogen) atoms. The lowest BCUT2D eigenvalue weighted by Gasteiger charge is -2.20. The third kappa shape index (κ3) is 4.59. The fourth-order valence-corrected chi connectivity index (χ4v) is 2.03. The summed E-state index contributed by atoms with van der Waals surface area (Å²) < 4.78 is 4.75. The van der Waals surface area contributed by atoms with E-state index in [0.717, 1.165) is 17.1 Å². The molecule has 2 aromatic rings. The Hall–Kier alpha value is -2.37. The van der Waals surface area contributed by atoms with Gasteiger partial charge in [-0.2, -0.15) is 0 Å². The maximum atomic E-state index is 12.1. The van der Waals surface area contributed by atoms with E-state index >= 15 is 0 Å². The van der Waals surface area contributed by atoms with Crippen LogP contribution in [-0.4, -0.2) is 34.2 Å². The zero-order valence-electron chi connectivity index (χ0n) is 12.5. The molecule has 0 bridgehead atoms. The first-order valence-electron chi connectivity index (χ1n) is 6.88. The summed E-state index contributed by atoms with van der Waals surface area (Å²) in [5, 5.41) is 6.74. The number of hydrogen-bond acceptors (Lipinski definition) is 4. The quantitative estimate of drug-likeness (QED) is 0.915. The van der Waals surface area contributed by atoms with Crippen LogP contribution >= 0.6 is 0 Å². The fraction of sp³-hybridized carbons (Fsp3) is 0.400. The van der Waals surface area contributed by atoms with E-state index in [2.05, 4.69) is 15.5 Å². The summed E-state index contributed by atoms with van der Waals surface area (Å²) in [4.78, 5) is 18.1. The zero-order valence-corrected chi connectivity index (χ0v) is 12.5. The van der Waals surface area contributed by atoms with E-state index in [4.69, 9.17) is 4.52 Å². The summed E-state index contributed by atoms with van der Waals surface area (Å²) in [6, 6.07) is 7.50. The predicted molar refractivity (Wildman–Crippen MR) is 78.6 cm³/mol. The van der Waals surface area contributed by atoms with Gasteiger partial charge in [-0.15, -0.1) is 0 Å². The third-order valence-corrected chi connectivity index (χ3v) is 3.07. The molecule has 0 saturated carbocycles. The molecule has 0 aliphatic rings. The number of carbonyl (C=O) groups is 1. The molecule has 2 aromatic heterocycles. The standard InChI is InChI=1S/C15H20N4O2/c1-11-5-4-6-13(16-11)9-12(2)17-15(20)19(3)10-14-7-8-21-18-14/h4-8,12H,9-10H2,1-3H3,(H,17,20). The number of pyridine rings is 1. The van der Waals surface area contributed by atoms with Gasteiger partial charge in [-0.05, 0) is 26.0 Å². The van der Waals surface area contributed by atoms with Crippen molar-refractivity contribution in [3.8, 4) is 0 Å². The lowest BCUT2D eigenvalue weighted by Crippen LogP contribution is -2.42. The van der Waals surface area contributed by atoms with Gasteiger partial charge in [0.1, 0.15) is 12.0 Å². The molecule has 1 unspecified atom stereocenters. The molecule has 0 spiro atoms. The van der Waals surface area contributed by atoms with Gasteiger partial charge in [0.2, 0.25) is 0 Å². The number of nitrogens with one attached hydrogen (secondary N) is 1. The highest BCUT2D eigenvalue weighted by molar-refractivity contribution is 5.74. The number of rotatable bonds is 5. The minimum absolute atomic E-state index is 0.00607. The summed E-state index contributed by atoms with van der Waals surface area (Å²) in [5.74, 6) is 0. The Morgan fingerprint density at radius 2 is 2.19 bits per heavy atom. The molecule has 1 N–H and O–H groups in total. The molecule has 0 saturated heterocycles. The molecule has 0 aliphatic carbocycles. The van der Waals surface area contributed by atoms with Crippen LogP contribution in [0.25, 0.3) is 0 Å². The number of aromatic nitrogens is 2. The summed E-state index contributed by atoms with van der Waals surface area (Å²) in [7, 11) is 1.72. The molecule has 6 nitrogen and oxygen atoms in total. The lowest BCUT2D eigenvalue weighted by atomic mass is 10.1. The van der Waals surface area contributed by atoms with Crippen molar-refractivity contribution in [2.75, 3.05) is 7.05 Å². The van der Waals surface area contributed by atoms with Gasteiger partial charge in [0, 0.05) is 37.0 Å². The lowest BCUT2D eigenvalue weighted by molar-refractivity contribution is 0.202. The molecule has 0 fully saturated rings. The maximum Gasteiger partial charge on any atom is 0.317 e. The van der Waals surface area contributed by atoms with E-state index in [1.54, 1.807) is 18.0 Å². The van der Waals surface area contributed by atoms with Crippen molar-refractivity contribution in [2.45, 2.75) is 32.9 Å².